The predicted octanol–water partition coefficient (Wildman–Crippen LogP) is 3.97. The summed E-state index contributed by atoms with van der Waals surface area (Å²) in [5.41, 5.74) is 2.67. The molecular weight excluding hydrogens is 317 g/mol. The zero-order valence-electron chi connectivity index (χ0n) is 14.5. The molecule has 1 atom stereocenters. The summed E-state index contributed by atoms with van der Waals surface area (Å²) in [6.07, 6.45) is 1.84. The number of nitrogens with zero attached hydrogens (tertiary/aromatic N) is 1. The maximum atomic E-state index is 13.0. The first-order valence-electron chi connectivity index (χ1n) is 8.90. The highest BCUT2D eigenvalue weighted by molar-refractivity contribution is 5.94. The Morgan fingerprint density at radius 3 is 2.28 bits per heavy atom. The average Bonchev–Trinajstić information content (AvgIpc) is 2.67. The number of aryl methyl sites for hydroxylation is 1. The van der Waals surface area contributed by atoms with Crippen molar-refractivity contribution in [3.8, 4) is 0 Å². The number of halogens is 1. The molecule has 3 rings (SSSR count). The monoisotopic (exact) mass is 341 g/mol. The Balaban J connectivity index is 1.59. The van der Waals surface area contributed by atoms with Crippen LogP contribution in [-0.4, -0.2) is 29.0 Å². The lowest BCUT2D eigenvalue weighted by atomic mass is 9.87. The van der Waals surface area contributed by atoms with Crippen LogP contribution in [0.15, 0.2) is 48.5 Å². The first-order valence-corrected chi connectivity index (χ1v) is 8.90. The molecule has 1 fully saturated rings. The fraction of sp³-hybridized carbons (Fsp3) is 0.381. The van der Waals surface area contributed by atoms with Crippen molar-refractivity contribution in [2.24, 2.45) is 5.92 Å². The molecule has 1 heterocycles. The van der Waals surface area contributed by atoms with E-state index in [-0.39, 0.29) is 17.6 Å². The number of aliphatic hydroxyl groups is 1. The number of hydrogen-bond acceptors (Lipinski definition) is 2. The van der Waals surface area contributed by atoms with E-state index in [1.54, 1.807) is 12.1 Å². The van der Waals surface area contributed by atoms with Gasteiger partial charge in [-0.05, 0) is 60.6 Å². The van der Waals surface area contributed by atoms with Crippen molar-refractivity contribution in [2.75, 3.05) is 13.1 Å². The molecule has 1 N–H and O–H groups in total. The number of carbonyl (C=O) groups is 1. The summed E-state index contributed by atoms with van der Waals surface area (Å²) in [4.78, 5) is 14.5. The molecule has 1 saturated heterocycles. The highest BCUT2D eigenvalue weighted by Crippen LogP contribution is 2.31. The molecule has 1 aliphatic heterocycles. The second-order valence-electron chi connectivity index (χ2n) is 6.68. The van der Waals surface area contributed by atoms with Gasteiger partial charge in [0.05, 0.1) is 6.10 Å². The molecule has 0 aliphatic carbocycles. The third-order valence-electron chi connectivity index (χ3n) is 5.09. The van der Waals surface area contributed by atoms with E-state index in [4.69, 9.17) is 0 Å². The minimum Gasteiger partial charge on any atom is -0.388 e. The van der Waals surface area contributed by atoms with Crippen LogP contribution in [0, 0.1) is 11.7 Å². The van der Waals surface area contributed by atoms with Gasteiger partial charge in [0.2, 0.25) is 0 Å². The van der Waals surface area contributed by atoms with Gasteiger partial charge >= 0.3 is 0 Å². The molecule has 2 aromatic rings. The minimum atomic E-state index is -0.610. The zero-order valence-corrected chi connectivity index (χ0v) is 14.5. The molecule has 25 heavy (non-hydrogen) atoms. The summed E-state index contributed by atoms with van der Waals surface area (Å²) >= 11 is 0. The Hall–Kier alpha value is -2.20. The molecule has 1 aliphatic rings. The van der Waals surface area contributed by atoms with E-state index in [0.29, 0.717) is 13.1 Å². The van der Waals surface area contributed by atoms with Crippen LogP contribution >= 0.6 is 0 Å². The van der Waals surface area contributed by atoms with Gasteiger partial charge in [-0.25, -0.2) is 4.39 Å². The van der Waals surface area contributed by atoms with E-state index >= 15 is 0 Å². The molecule has 0 bridgehead atoms. The normalized spacial score (nSPS) is 16.7. The number of benzene rings is 2. The summed E-state index contributed by atoms with van der Waals surface area (Å²) in [6.45, 7) is 3.36. The van der Waals surface area contributed by atoms with Crippen molar-refractivity contribution in [1.82, 2.24) is 4.90 Å². The smallest absolute Gasteiger partial charge is 0.253 e. The lowest BCUT2D eigenvalue weighted by Crippen LogP contribution is -2.39. The largest absolute Gasteiger partial charge is 0.388 e. The lowest BCUT2D eigenvalue weighted by Gasteiger charge is -2.34. The molecule has 0 spiro atoms. The molecule has 0 radical (unpaired) electrons. The topological polar surface area (TPSA) is 40.5 Å². The SMILES string of the molecule is CCc1ccc(C(=O)N2CCC(C(O)c3ccc(F)cc3)CC2)cc1. The van der Waals surface area contributed by atoms with E-state index in [1.807, 2.05) is 29.2 Å². The molecule has 2 aromatic carbocycles. The summed E-state index contributed by atoms with van der Waals surface area (Å²) < 4.78 is 13.0. The van der Waals surface area contributed by atoms with Crippen LogP contribution < -0.4 is 0 Å². The summed E-state index contributed by atoms with van der Waals surface area (Å²) in [7, 11) is 0. The van der Waals surface area contributed by atoms with Crippen molar-refractivity contribution in [1.29, 1.82) is 0 Å². The van der Waals surface area contributed by atoms with Gasteiger partial charge in [-0.1, -0.05) is 31.2 Å². The van der Waals surface area contributed by atoms with Crippen LogP contribution in [0.4, 0.5) is 4.39 Å². The van der Waals surface area contributed by atoms with Gasteiger partial charge in [-0.3, -0.25) is 4.79 Å². The first kappa shape index (κ1) is 17.6. The fourth-order valence-corrected chi connectivity index (χ4v) is 3.42. The Morgan fingerprint density at radius 2 is 1.72 bits per heavy atom. The molecule has 132 valence electrons. The third-order valence-corrected chi connectivity index (χ3v) is 5.09. The van der Waals surface area contributed by atoms with Crippen molar-refractivity contribution >= 4 is 5.91 Å². The Labute approximate surface area is 148 Å². The van der Waals surface area contributed by atoms with Crippen LogP contribution in [0.5, 0.6) is 0 Å². The van der Waals surface area contributed by atoms with Gasteiger partial charge < -0.3 is 10.0 Å². The second kappa shape index (κ2) is 7.79. The maximum Gasteiger partial charge on any atom is 0.253 e. The van der Waals surface area contributed by atoms with E-state index in [9.17, 15) is 14.3 Å². The van der Waals surface area contributed by atoms with Crippen LogP contribution in [0.3, 0.4) is 0 Å². The Kier molecular flexibility index (Phi) is 5.49. The van der Waals surface area contributed by atoms with Crippen LogP contribution in [-0.2, 0) is 6.42 Å². The predicted molar refractivity (Wildman–Crippen MR) is 95.8 cm³/mol. The zero-order chi connectivity index (χ0) is 17.8. The van der Waals surface area contributed by atoms with Gasteiger partial charge in [-0.15, -0.1) is 0 Å². The number of aliphatic hydroxyl groups excluding tert-OH is 1. The first-order chi connectivity index (χ1) is 12.1. The van der Waals surface area contributed by atoms with Gasteiger partial charge in [0.1, 0.15) is 5.82 Å². The van der Waals surface area contributed by atoms with Crippen molar-refractivity contribution in [3.63, 3.8) is 0 Å². The number of carbonyl (C=O) groups excluding carboxylic acids is 1. The van der Waals surface area contributed by atoms with E-state index in [0.717, 1.165) is 30.4 Å². The standard InChI is InChI=1S/C21H24FNO2/c1-2-15-3-5-18(6-4-15)21(25)23-13-11-17(12-14-23)20(24)16-7-9-19(22)10-8-16/h3-10,17,20,24H,2,11-14H2,1H3. The average molecular weight is 341 g/mol. The lowest BCUT2D eigenvalue weighted by molar-refractivity contribution is 0.0462. The van der Waals surface area contributed by atoms with Crippen molar-refractivity contribution < 1.29 is 14.3 Å². The van der Waals surface area contributed by atoms with Crippen molar-refractivity contribution in [3.05, 3.63) is 71.0 Å². The second-order valence-corrected chi connectivity index (χ2v) is 6.68. The van der Waals surface area contributed by atoms with Gasteiger partial charge in [0, 0.05) is 18.7 Å². The van der Waals surface area contributed by atoms with Gasteiger partial charge in [0.25, 0.3) is 5.91 Å². The number of piperidine rings is 1. The molecular formula is C21H24FNO2. The molecule has 1 unspecified atom stereocenters. The minimum absolute atomic E-state index is 0.0531. The quantitative estimate of drug-likeness (QED) is 0.914. The Morgan fingerprint density at radius 1 is 1.12 bits per heavy atom. The van der Waals surface area contributed by atoms with Gasteiger partial charge in [-0.2, -0.15) is 0 Å². The summed E-state index contributed by atoms with van der Waals surface area (Å²) in [6, 6.07) is 13.8. The number of rotatable bonds is 4. The number of hydrogen-bond donors (Lipinski definition) is 1. The van der Waals surface area contributed by atoms with E-state index < -0.39 is 6.10 Å². The van der Waals surface area contributed by atoms with E-state index in [1.165, 1.54) is 17.7 Å². The number of amides is 1. The van der Waals surface area contributed by atoms with Crippen LogP contribution in [0.2, 0.25) is 0 Å². The summed E-state index contributed by atoms with van der Waals surface area (Å²) in [5.74, 6) is -0.153. The maximum absolute atomic E-state index is 13.0. The van der Waals surface area contributed by atoms with Gasteiger partial charge in [0.15, 0.2) is 0 Å². The molecule has 0 aromatic heterocycles. The van der Waals surface area contributed by atoms with E-state index in [2.05, 4.69) is 6.92 Å². The highest BCUT2D eigenvalue weighted by atomic mass is 19.1. The van der Waals surface area contributed by atoms with Crippen molar-refractivity contribution in [2.45, 2.75) is 32.3 Å². The number of likely N-dealkylation sites (tertiary alicyclic amines) is 1. The summed E-state index contributed by atoms with van der Waals surface area (Å²) in [5, 5.41) is 10.5. The van der Waals surface area contributed by atoms with Crippen LogP contribution in [0.25, 0.3) is 0 Å². The molecule has 0 saturated carbocycles. The highest BCUT2D eigenvalue weighted by Gasteiger charge is 2.28. The molecule has 4 heteroatoms. The molecule has 1 amide bonds. The Bertz CT molecular complexity index is 704. The fourth-order valence-electron chi connectivity index (χ4n) is 3.42. The molecule has 3 nitrogen and oxygen atoms in total. The third kappa shape index (κ3) is 4.07. The van der Waals surface area contributed by atoms with Crippen LogP contribution in [0.1, 0.15) is 47.4 Å².